The standard InChI is InChI=1S/C20H23N3O4/c1-27-19-9-8-16(14-18(19)23(25)26)15-21-10-5-11-22(13-12-21)20(24)17-6-3-2-4-7-17/h2-4,6-9,14H,5,10-13,15H2,1H3. The van der Waals surface area contributed by atoms with E-state index in [1.807, 2.05) is 41.3 Å². The molecular weight excluding hydrogens is 346 g/mol. The molecule has 0 unspecified atom stereocenters. The average molecular weight is 369 g/mol. The molecule has 0 saturated carbocycles. The van der Waals surface area contributed by atoms with E-state index in [4.69, 9.17) is 4.74 Å². The van der Waals surface area contributed by atoms with Gasteiger partial charge in [0.25, 0.3) is 5.91 Å². The third kappa shape index (κ3) is 4.62. The fourth-order valence-electron chi connectivity index (χ4n) is 3.33. The van der Waals surface area contributed by atoms with Gasteiger partial charge >= 0.3 is 5.69 Å². The van der Waals surface area contributed by atoms with Crippen molar-refractivity contribution < 1.29 is 14.5 Å². The Morgan fingerprint density at radius 3 is 2.59 bits per heavy atom. The molecule has 0 atom stereocenters. The second kappa shape index (κ2) is 8.64. The fourth-order valence-corrected chi connectivity index (χ4v) is 3.33. The first-order chi connectivity index (χ1) is 13.1. The highest BCUT2D eigenvalue weighted by atomic mass is 16.6. The van der Waals surface area contributed by atoms with Crippen LogP contribution >= 0.6 is 0 Å². The third-order valence-electron chi connectivity index (χ3n) is 4.74. The van der Waals surface area contributed by atoms with Gasteiger partial charge in [-0.25, -0.2) is 0 Å². The van der Waals surface area contributed by atoms with Gasteiger partial charge in [0.15, 0.2) is 5.75 Å². The van der Waals surface area contributed by atoms with Crippen LogP contribution < -0.4 is 4.74 Å². The van der Waals surface area contributed by atoms with E-state index in [1.54, 1.807) is 12.1 Å². The van der Waals surface area contributed by atoms with Crippen LogP contribution in [-0.2, 0) is 6.54 Å². The van der Waals surface area contributed by atoms with Gasteiger partial charge in [-0.2, -0.15) is 0 Å². The summed E-state index contributed by atoms with van der Waals surface area (Å²) in [7, 11) is 1.43. The lowest BCUT2D eigenvalue weighted by Gasteiger charge is -2.22. The molecule has 0 radical (unpaired) electrons. The number of nitrogens with zero attached hydrogens (tertiary/aromatic N) is 3. The molecule has 1 amide bonds. The van der Waals surface area contributed by atoms with Crippen molar-refractivity contribution in [3.05, 3.63) is 69.8 Å². The van der Waals surface area contributed by atoms with Crippen LogP contribution in [0, 0.1) is 10.1 Å². The number of rotatable bonds is 5. The Morgan fingerprint density at radius 1 is 1.11 bits per heavy atom. The van der Waals surface area contributed by atoms with Gasteiger partial charge in [-0.05, 0) is 30.2 Å². The molecule has 1 fully saturated rings. The Morgan fingerprint density at radius 2 is 1.89 bits per heavy atom. The Bertz CT molecular complexity index is 810. The average Bonchev–Trinajstić information content (AvgIpc) is 2.93. The summed E-state index contributed by atoms with van der Waals surface area (Å²) >= 11 is 0. The van der Waals surface area contributed by atoms with Crippen LogP contribution in [0.2, 0.25) is 0 Å². The maximum atomic E-state index is 12.6. The molecule has 1 aliphatic heterocycles. The van der Waals surface area contributed by atoms with E-state index in [2.05, 4.69) is 4.90 Å². The number of carbonyl (C=O) groups excluding carboxylic acids is 1. The number of ether oxygens (including phenoxy) is 1. The normalized spacial score (nSPS) is 15.2. The topological polar surface area (TPSA) is 75.9 Å². The fraction of sp³-hybridized carbons (Fsp3) is 0.350. The van der Waals surface area contributed by atoms with Crippen molar-refractivity contribution in [1.82, 2.24) is 9.80 Å². The minimum Gasteiger partial charge on any atom is -0.490 e. The van der Waals surface area contributed by atoms with Gasteiger partial charge in [-0.3, -0.25) is 19.8 Å². The van der Waals surface area contributed by atoms with E-state index < -0.39 is 4.92 Å². The Hall–Kier alpha value is -2.93. The van der Waals surface area contributed by atoms with Gasteiger partial charge in [0.1, 0.15) is 0 Å². The van der Waals surface area contributed by atoms with Gasteiger partial charge in [-0.15, -0.1) is 0 Å². The molecule has 0 N–H and O–H groups in total. The number of benzene rings is 2. The Kier molecular flexibility index (Phi) is 6.03. The van der Waals surface area contributed by atoms with Gasteiger partial charge in [0, 0.05) is 44.4 Å². The Balaban J connectivity index is 1.64. The zero-order chi connectivity index (χ0) is 19.2. The molecule has 3 rings (SSSR count). The first-order valence-electron chi connectivity index (χ1n) is 8.96. The summed E-state index contributed by atoms with van der Waals surface area (Å²) < 4.78 is 5.05. The van der Waals surface area contributed by atoms with E-state index >= 15 is 0 Å². The summed E-state index contributed by atoms with van der Waals surface area (Å²) in [6.07, 6.45) is 0.872. The van der Waals surface area contributed by atoms with Crippen molar-refractivity contribution in [2.45, 2.75) is 13.0 Å². The lowest BCUT2D eigenvalue weighted by atomic mass is 10.1. The van der Waals surface area contributed by atoms with Crippen LogP contribution in [0.25, 0.3) is 0 Å². The first kappa shape index (κ1) is 18.8. The summed E-state index contributed by atoms with van der Waals surface area (Å²) in [6.45, 7) is 3.55. The van der Waals surface area contributed by atoms with E-state index in [1.165, 1.54) is 7.11 Å². The molecule has 142 valence electrons. The van der Waals surface area contributed by atoms with Gasteiger partial charge in [0.2, 0.25) is 0 Å². The first-order valence-corrected chi connectivity index (χ1v) is 8.96. The second-order valence-electron chi connectivity index (χ2n) is 6.55. The minimum atomic E-state index is -0.426. The highest BCUT2D eigenvalue weighted by molar-refractivity contribution is 5.94. The molecule has 1 aliphatic rings. The monoisotopic (exact) mass is 369 g/mol. The van der Waals surface area contributed by atoms with Crippen LogP contribution in [-0.4, -0.2) is 53.9 Å². The summed E-state index contributed by atoms with van der Waals surface area (Å²) in [4.78, 5) is 27.5. The SMILES string of the molecule is COc1ccc(CN2CCCN(C(=O)c3ccccc3)CC2)cc1[N+](=O)[O-]. The maximum Gasteiger partial charge on any atom is 0.311 e. The quantitative estimate of drug-likeness (QED) is 0.598. The van der Waals surface area contributed by atoms with Crippen molar-refractivity contribution in [3.63, 3.8) is 0 Å². The largest absolute Gasteiger partial charge is 0.490 e. The van der Waals surface area contributed by atoms with Crippen molar-refractivity contribution in [2.75, 3.05) is 33.3 Å². The minimum absolute atomic E-state index is 0.0225. The molecule has 1 saturated heterocycles. The predicted octanol–water partition coefficient (Wildman–Crippen LogP) is 2.95. The van der Waals surface area contributed by atoms with E-state index in [-0.39, 0.29) is 17.3 Å². The summed E-state index contributed by atoms with van der Waals surface area (Å²) in [5.41, 5.74) is 1.55. The van der Waals surface area contributed by atoms with Crippen molar-refractivity contribution in [3.8, 4) is 5.75 Å². The lowest BCUT2D eigenvalue weighted by molar-refractivity contribution is -0.385. The van der Waals surface area contributed by atoms with Crippen LogP contribution in [0.4, 0.5) is 5.69 Å². The number of hydrogen-bond donors (Lipinski definition) is 0. The molecular formula is C20H23N3O4. The van der Waals surface area contributed by atoms with Gasteiger partial charge < -0.3 is 9.64 Å². The number of nitro groups is 1. The summed E-state index contributed by atoms with van der Waals surface area (Å²) in [5, 5.41) is 11.2. The van der Waals surface area contributed by atoms with E-state index in [9.17, 15) is 14.9 Å². The van der Waals surface area contributed by atoms with Crippen LogP contribution in [0.3, 0.4) is 0 Å². The van der Waals surface area contributed by atoms with Crippen molar-refractivity contribution >= 4 is 11.6 Å². The molecule has 2 aromatic carbocycles. The number of hydrogen-bond acceptors (Lipinski definition) is 5. The number of nitro benzene ring substituents is 1. The maximum absolute atomic E-state index is 12.6. The zero-order valence-electron chi connectivity index (χ0n) is 15.3. The molecule has 0 aliphatic carbocycles. The van der Waals surface area contributed by atoms with Gasteiger partial charge in [0.05, 0.1) is 12.0 Å². The molecule has 2 aromatic rings. The van der Waals surface area contributed by atoms with Crippen molar-refractivity contribution in [1.29, 1.82) is 0 Å². The van der Waals surface area contributed by atoms with E-state index in [0.717, 1.165) is 25.1 Å². The van der Waals surface area contributed by atoms with Crippen LogP contribution in [0.15, 0.2) is 48.5 Å². The van der Waals surface area contributed by atoms with E-state index in [0.29, 0.717) is 25.2 Å². The molecule has 0 aromatic heterocycles. The second-order valence-corrected chi connectivity index (χ2v) is 6.55. The molecule has 0 spiro atoms. The molecule has 1 heterocycles. The smallest absolute Gasteiger partial charge is 0.311 e. The molecule has 27 heavy (non-hydrogen) atoms. The number of carbonyl (C=O) groups is 1. The predicted molar refractivity (Wildman–Crippen MR) is 102 cm³/mol. The zero-order valence-corrected chi connectivity index (χ0v) is 15.3. The molecule has 0 bridgehead atoms. The number of methoxy groups -OCH3 is 1. The molecule has 7 nitrogen and oxygen atoms in total. The molecule has 7 heteroatoms. The summed E-state index contributed by atoms with van der Waals surface area (Å²) in [5.74, 6) is 0.316. The summed E-state index contributed by atoms with van der Waals surface area (Å²) in [6, 6.07) is 14.4. The van der Waals surface area contributed by atoms with Crippen LogP contribution in [0.5, 0.6) is 5.75 Å². The van der Waals surface area contributed by atoms with Crippen molar-refractivity contribution in [2.24, 2.45) is 0 Å². The Labute approximate surface area is 158 Å². The highest BCUT2D eigenvalue weighted by Crippen LogP contribution is 2.28. The third-order valence-corrected chi connectivity index (χ3v) is 4.74. The highest BCUT2D eigenvalue weighted by Gasteiger charge is 2.21. The van der Waals surface area contributed by atoms with Crippen LogP contribution in [0.1, 0.15) is 22.3 Å². The lowest BCUT2D eigenvalue weighted by Crippen LogP contribution is -2.35. The number of amides is 1. The van der Waals surface area contributed by atoms with Gasteiger partial charge in [-0.1, -0.05) is 24.3 Å².